The number of ether oxygens (including phenoxy) is 1. The third-order valence-electron chi connectivity index (χ3n) is 6.21. The average molecular weight is 498 g/mol. The van der Waals surface area contributed by atoms with E-state index in [9.17, 15) is 9.59 Å². The van der Waals surface area contributed by atoms with Crippen molar-refractivity contribution in [2.24, 2.45) is 7.05 Å². The molecule has 0 bridgehead atoms. The highest BCUT2D eigenvalue weighted by molar-refractivity contribution is 6.00. The van der Waals surface area contributed by atoms with Gasteiger partial charge in [0.15, 0.2) is 0 Å². The maximum atomic E-state index is 13.0. The van der Waals surface area contributed by atoms with E-state index in [2.05, 4.69) is 15.4 Å². The van der Waals surface area contributed by atoms with E-state index in [0.717, 1.165) is 11.1 Å². The molecule has 37 heavy (non-hydrogen) atoms. The van der Waals surface area contributed by atoms with Gasteiger partial charge in [-0.2, -0.15) is 5.10 Å². The third-order valence-corrected chi connectivity index (χ3v) is 6.21. The zero-order valence-electron chi connectivity index (χ0n) is 20.3. The van der Waals surface area contributed by atoms with E-state index < -0.39 is 0 Å². The second kappa shape index (κ2) is 10.0. The van der Waals surface area contributed by atoms with Crippen LogP contribution in [0.1, 0.15) is 27.1 Å². The Kier molecular flexibility index (Phi) is 6.46. The van der Waals surface area contributed by atoms with Crippen molar-refractivity contribution in [2.45, 2.75) is 12.5 Å². The minimum absolute atomic E-state index is 0.105. The molecule has 2 aromatic carbocycles. The van der Waals surface area contributed by atoms with Crippen LogP contribution in [0.5, 0.6) is 11.5 Å². The van der Waals surface area contributed by atoms with Gasteiger partial charge >= 0.3 is 0 Å². The Morgan fingerprint density at radius 3 is 2.57 bits per heavy atom. The lowest BCUT2D eigenvalue weighted by Crippen LogP contribution is -2.38. The van der Waals surface area contributed by atoms with E-state index in [4.69, 9.17) is 16.2 Å². The molecule has 0 unspecified atom stereocenters. The number of amides is 2. The van der Waals surface area contributed by atoms with Crippen molar-refractivity contribution in [1.29, 1.82) is 0 Å². The molecule has 1 atom stereocenters. The van der Waals surface area contributed by atoms with E-state index in [1.807, 2.05) is 25.4 Å². The van der Waals surface area contributed by atoms with Crippen LogP contribution in [0, 0.1) is 0 Å². The normalized spacial score (nSPS) is 14.9. The van der Waals surface area contributed by atoms with Crippen LogP contribution in [-0.2, 0) is 7.05 Å². The molecule has 5 N–H and O–H groups in total. The van der Waals surface area contributed by atoms with Gasteiger partial charge in [-0.05, 0) is 48.9 Å². The molecular formula is C27H27N7O3. The number of anilines is 2. The summed E-state index contributed by atoms with van der Waals surface area (Å²) in [5.41, 5.74) is 14.8. The molecule has 0 saturated carbocycles. The molecule has 2 amide bonds. The molecule has 5 rings (SSSR count). The number of pyridine rings is 1. The highest BCUT2D eigenvalue weighted by Crippen LogP contribution is 2.25. The Morgan fingerprint density at radius 2 is 1.84 bits per heavy atom. The van der Waals surface area contributed by atoms with Crippen molar-refractivity contribution in [2.75, 3.05) is 24.6 Å². The van der Waals surface area contributed by atoms with Gasteiger partial charge in [0.25, 0.3) is 11.8 Å². The summed E-state index contributed by atoms with van der Waals surface area (Å²) in [5.74, 6) is 0.953. The van der Waals surface area contributed by atoms with Gasteiger partial charge in [0.1, 0.15) is 17.3 Å². The van der Waals surface area contributed by atoms with Gasteiger partial charge in [-0.3, -0.25) is 14.3 Å². The highest BCUT2D eigenvalue weighted by Gasteiger charge is 2.29. The second-order valence-electron chi connectivity index (χ2n) is 8.97. The Bertz CT molecular complexity index is 1450. The highest BCUT2D eigenvalue weighted by atomic mass is 16.5. The molecule has 10 nitrogen and oxygen atoms in total. The maximum absolute atomic E-state index is 13.0. The standard InChI is InChI=1S/C27H27N7O3/c1-33-15-19(14-31-33)18-11-24(25(29)30-13-18)26(35)32-21-9-10-34(16-21)27(36)17-5-7-22(8-6-17)37-23-4-2-3-20(28)12-23/h2-8,11-15,21H,9-10,16,28H2,1H3,(H2,29,30)(H,32,35)/t21-/m1/s1. The molecule has 2 aromatic heterocycles. The topological polar surface area (TPSA) is 141 Å². The summed E-state index contributed by atoms with van der Waals surface area (Å²) in [7, 11) is 1.82. The summed E-state index contributed by atoms with van der Waals surface area (Å²) >= 11 is 0. The summed E-state index contributed by atoms with van der Waals surface area (Å²) in [5, 5.41) is 7.15. The van der Waals surface area contributed by atoms with Crippen molar-refractivity contribution in [1.82, 2.24) is 25.0 Å². The monoisotopic (exact) mass is 497 g/mol. The molecule has 0 spiro atoms. The molecule has 0 radical (unpaired) electrons. The molecule has 1 aliphatic rings. The fraction of sp³-hybridized carbons (Fsp3) is 0.185. The Hall–Kier alpha value is -4.86. The van der Waals surface area contributed by atoms with Crippen LogP contribution < -0.4 is 21.5 Å². The number of carbonyl (C=O) groups is 2. The molecule has 188 valence electrons. The summed E-state index contributed by atoms with van der Waals surface area (Å²) in [6, 6.07) is 15.6. The fourth-order valence-corrected chi connectivity index (χ4v) is 4.27. The van der Waals surface area contributed by atoms with Gasteiger partial charge in [0.05, 0.1) is 11.8 Å². The number of rotatable bonds is 6. The molecule has 4 aromatic rings. The van der Waals surface area contributed by atoms with Gasteiger partial charge in [-0.25, -0.2) is 4.98 Å². The first-order valence-electron chi connectivity index (χ1n) is 11.8. The van der Waals surface area contributed by atoms with Gasteiger partial charge in [0, 0.05) is 67.0 Å². The van der Waals surface area contributed by atoms with Crippen molar-refractivity contribution in [3.8, 4) is 22.6 Å². The summed E-state index contributed by atoms with van der Waals surface area (Å²) in [6.07, 6.45) is 5.80. The zero-order valence-corrected chi connectivity index (χ0v) is 20.3. The predicted molar refractivity (Wildman–Crippen MR) is 140 cm³/mol. The molecule has 1 fully saturated rings. The lowest BCUT2D eigenvalue weighted by Gasteiger charge is -2.18. The summed E-state index contributed by atoms with van der Waals surface area (Å²) in [4.78, 5) is 31.9. The van der Waals surface area contributed by atoms with Crippen LogP contribution in [0.25, 0.3) is 11.1 Å². The summed E-state index contributed by atoms with van der Waals surface area (Å²) < 4.78 is 7.47. The van der Waals surface area contributed by atoms with Crippen molar-refractivity contribution >= 4 is 23.3 Å². The van der Waals surface area contributed by atoms with Gasteiger partial charge in [-0.15, -0.1) is 0 Å². The molecule has 10 heteroatoms. The number of nitrogens with two attached hydrogens (primary N) is 2. The first-order chi connectivity index (χ1) is 17.9. The number of nitrogen functional groups attached to an aromatic ring is 2. The second-order valence-corrected chi connectivity index (χ2v) is 8.97. The van der Waals surface area contributed by atoms with E-state index >= 15 is 0 Å². The van der Waals surface area contributed by atoms with Crippen LogP contribution in [0.15, 0.2) is 73.2 Å². The van der Waals surface area contributed by atoms with Gasteiger partial charge in [-0.1, -0.05) is 6.07 Å². The first-order valence-corrected chi connectivity index (χ1v) is 11.8. The van der Waals surface area contributed by atoms with Crippen LogP contribution >= 0.6 is 0 Å². The van der Waals surface area contributed by atoms with Crippen molar-refractivity contribution < 1.29 is 14.3 Å². The predicted octanol–water partition coefficient (Wildman–Crippen LogP) is 3.08. The summed E-state index contributed by atoms with van der Waals surface area (Å²) in [6.45, 7) is 0.941. The zero-order chi connectivity index (χ0) is 25.9. The van der Waals surface area contributed by atoms with E-state index in [1.165, 1.54) is 0 Å². The fourth-order valence-electron chi connectivity index (χ4n) is 4.27. The minimum atomic E-state index is -0.321. The Morgan fingerprint density at radius 1 is 1.03 bits per heavy atom. The maximum Gasteiger partial charge on any atom is 0.255 e. The van der Waals surface area contributed by atoms with Crippen LogP contribution in [0.3, 0.4) is 0 Å². The number of aryl methyl sites for hydroxylation is 1. The first kappa shape index (κ1) is 23.9. The number of nitrogens with zero attached hydrogens (tertiary/aromatic N) is 4. The number of benzene rings is 2. The quantitative estimate of drug-likeness (QED) is 0.348. The van der Waals surface area contributed by atoms with Crippen LogP contribution in [-0.4, -0.2) is 50.6 Å². The molecule has 3 heterocycles. The van der Waals surface area contributed by atoms with E-state index in [0.29, 0.717) is 47.8 Å². The lowest BCUT2D eigenvalue weighted by atomic mass is 10.1. The van der Waals surface area contributed by atoms with E-state index in [1.54, 1.807) is 64.4 Å². The number of hydrogen-bond acceptors (Lipinski definition) is 7. The molecule has 0 aliphatic carbocycles. The molecule has 1 aliphatic heterocycles. The van der Waals surface area contributed by atoms with Gasteiger partial charge in [0.2, 0.25) is 0 Å². The van der Waals surface area contributed by atoms with Gasteiger partial charge < -0.3 is 26.4 Å². The van der Waals surface area contributed by atoms with Crippen molar-refractivity contribution in [3.63, 3.8) is 0 Å². The molecular weight excluding hydrogens is 470 g/mol. The largest absolute Gasteiger partial charge is 0.457 e. The Labute approximate surface area is 213 Å². The van der Waals surface area contributed by atoms with Crippen molar-refractivity contribution in [3.05, 3.63) is 84.3 Å². The van der Waals surface area contributed by atoms with Crippen LogP contribution in [0.2, 0.25) is 0 Å². The number of nitrogens with one attached hydrogen (secondary N) is 1. The minimum Gasteiger partial charge on any atom is -0.457 e. The number of hydrogen-bond donors (Lipinski definition) is 3. The van der Waals surface area contributed by atoms with Crippen LogP contribution in [0.4, 0.5) is 11.5 Å². The third kappa shape index (κ3) is 5.37. The van der Waals surface area contributed by atoms with E-state index in [-0.39, 0.29) is 23.7 Å². The average Bonchev–Trinajstić information content (AvgIpc) is 3.53. The smallest absolute Gasteiger partial charge is 0.255 e. The Balaban J connectivity index is 1.20. The number of aromatic nitrogens is 3. The molecule has 1 saturated heterocycles. The lowest BCUT2D eigenvalue weighted by molar-refractivity contribution is 0.0783. The number of likely N-dealkylation sites (tertiary alicyclic amines) is 1. The SMILES string of the molecule is Cn1cc(-c2cnc(N)c(C(=O)N[C@@H]3CCN(C(=O)c4ccc(Oc5cccc(N)c5)cc4)C3)c2)cn1. The number of carbonyl (C=O) groups excluding carboxylic acids is 2.